The SMILES string of the molecule is Nc1c(C(=O)O)cccc1C1CC1c1ccccc1. The van der Waals surface area contributed by atoms with Gasteiger partial charge in [0.05, 0.1) is 5.56 Å². The summed E-state index contributed by atoms with van der Waals surface area (Å²) in [6, 6.07) is 15.6. The van der Waals surface area contributed by atoms with Crippen LogP contribution in [-0.2, 0) is 0 Å². The van der Waals surface area contributed by atoms with E-state index in [1.807, 2.05) is 24.3 Å². The van der Waals surface area contributed by atoms with Crippen molar-refractivity contribution in [3.8, 4) is 0 Å². The number of carbonyl (C=O) groups is 1. The van der Waals surface area contributed by atoms with Crippen LogP contribution in [0.15, 0.2) is 48.5 Å². The van der Waals surface area contributed by atoms with Crippen molar-refractivity contribution in [1.82, 2.24) is 0 Å². The Morgan fingerprint density at radius 2 is 1.79 bits per heavy atom. The van der Waals surface area contributed by atoms with Gasteiger partial charge < -0.3 is 10.8 Å². The van der Waals surface area contributed by atoms with Gasteiger partial charge in [0, 0.05) is 5.69 Å². The monoisotopic (exact) mass is 253 g/mol. The van der Waals surface area contributed by atoms with Crippen LogP contribution in [0, 0.1) is 0 Å². The highest BCUT2D eigenvalue weighted by molar-refractivity contribution is 5.94. The van der Waals surface area contributed by atoms with Gasteiger partial charge in [-0.25, -0.2) is 4.79 Å². The smallest absolute Gasteiger partial charge is 0.337 e. The van der Waals surface area contributed by atoms with Crippen molar-refractivity contribution in [2.45, 2.75) is 18.3 Å². The third-order valence-electron chi connectivity index (χ3n) is 3.79. The first-order chi connectivity index (χ1) is 9.18. The topological polar surface area (TPSA) is 63.3 Å². The van der Waals surface area contributed by atoms with Crippen LogP contribution in [0.25, 0.3) is 0 Å². The number of hydrogen-bond acceptors (Lipinski definition) is 2. The second kappa shape index (κ2) is 4.43. The van der Waals surface area contributed by atoms with E-state index in [0.717, 1.165) is 12.0 Å². The van der Waals surface area contributed by atoms with Crippen molar-refractivity contribution in [3.63, 3.8) is 0 Å². The summed E-state index contributed by atoms with van der Waals surface area (Å²) in [6.45, 7) is 0. The molecule has 3 N–H and O–H groups in total. The molecule has 0 saturated heterocycles. The zero-order chi connectivity index (χ0) is 13.4. The quantitative estimate of drug-likeness (QED) is 0.825. The Bertz CT molecular complexity index is 622. The first-order valence-corrected chi connectivity index (χ1v) is 6.35. The largest absolute Gasteiger partial charge is 0.478 e. The van der Waals surface area contributed by atoms with Crippen molar-refractivity contribution < 1.29 is 9.90 Å². The fraction of sp³-hybridized carbons (Fsp3) is 0.188. The fourth-order valence-corrected chi connectivity index (χ4v) is 2.70. The fourth-order valence-electron chi connectivity index (χ4n) is 2.70. The number of carboxylic acid groups (broad SMARTS) is 1. The van der Waals surface area contributed by atoms with E-state index in [9.17, 15) is 4.79 Å². The van der Waals surface area contributed by atoms with Gasteiger partial charge in [-0.15, -0.1) is 0 Å². The molecule has 0 amide bonds. The molecule has 0 heterocycles. The molecule has 0 spiro atoms. The lowest BCUT2D eigenvalue weighted by Crippen LogP contribution is -2.05. The summed E-state index contributed by atoms with van der Waals surface area (Å²) in [5.41, 5.74) is 8.87. The molecule has 3 heteroatoms. The van der Waals surface area contributed by atoms with Gasteiger partial charge in [-0.3, -0.25) is 0 Å². The Hall–Kier alpha value is -2.29. The first kappa shape index (κ1) is 11.8. The highest BCUT2D eigenvalue weighted by Crippen LogP contribution is 2.56. The molecule has 1 aliphatic carbocycles. The molecule has 1 saturated carbocycles. The number of nitrogens with two attached hydrogens (primary N) is 1. The van der Waals surface area contributed by atoms with Crippen LogP contribution in [0.1, 0.15) is 39.7 Å². The number of benzene rings is 2. The van der Waals surface area contributed by atoms with E-state index < -0.39 is 5.97 Å². The number of anilines is 1. The summed E-state index contributed by atoms with van der Waals surface area (Å²) in [5, 5.41) is 9.10. The molecule has 2 unspecified atom stereocenters. The van der Waals surface area contributed by atoms with Gasteiger partial charge in [0.15, 0.2) is 0 Å². The van der Waals surface area contributed by atoms with Crippen LogP contribution in [0.2, 0.25) is 0 Å². The number of nitrogen functional groups attached to an aromatic ring is 1. The highest BCUT2D eigenvalue weighted by Gasteiger charge is 2.40. The van der Waals surface area contributed by atoms with E-state index in [1.165, 1.54) is 5.56 Å². The summed E-state index contributed by atoms with van der Waals surface area (Å²) < 4.78 is 0. The zero-order valence-electron chi connectivity index (χ0n) is 10.4. The van der Waals surface area contributed by atoms with Crippen molar-refractivity contribution in [1.29, 1.82) is 0 Å². The highest BCUT2D eigenvalue weighted by atomic mass is 16.4. The molecule has 0 bridgehead atoms. The normalized spacial score (nSPS) is 21.1. The van der Waals surface area contributed by atoms with Crippen LogP contribution in [0.4, 0.5) is 5.69 Å². The molecular weight excluding hydrogens is 238 g/mol. The van der Waals surface area contributed by atoms with Crippen LogP contribution >= 0.6 is 0 Å². The van der Waals surface area contributed by atoms with E-state index in [4.69, 9.17) is 10.8 Å². The Kier molecular flexibility index (Phi) is 2.75. The van der Waals surface area contributed by atoms with Gasteiger partial charge >= 0.3 is 5.97 Å². The number of para-hydroxylation sites is 1. The maximum Gasteiger partial charge on any atom is 0.337 e. The zero-order valence-corrected chi connectivity index (χ0v) is 10.4. The molecule has 0 aromatic heterocycles. The Morgan fingerprint density at radius 3 is 2.47 bits per heavy atom. The molecule has 2 aromatic carbocycles. The van der Waals surface area contributed by atoms with Gasteiger partial charge in [0.1, 0.15) is 0 Å². The molecule has 0 radical (unpaired) electrons. The van der Waals surface area contributed by atoms with Crippen molar-refractivity contribution in [2.24, 2.45) is 0 Å². The number of rotatable bonds is 3. The lowest BCUT2D eigenvalue weighted by molar-refractivity contribution is 0.0698. The molecule has 1 fully saturated rings. The maximum atomic E-state index is 11.1. The molecule has 96 valence electrons. The first-order valence-electron chi connectivity index (χ1n) is 6.35. The minimum Gasteiger partial charge on any atom is -0.478 e. The summed E-state index contributed by atoms with van der Waals surface area (Å²) in [6.07, 6.45) is 1.04. The third-order valence-corrected chi connectivity index (χ3v) is 3.79. The molecule has 1 aliphatic rings. The molecule has 2 aromatic rings. The van der Waals surface area contributed by atoms with Crippen LogP contribution < -0.4 is 5.73 Å². The predicted molar refractivity (Wildman–Crippen MR) is 74.4 cm³/mol. The molecule has 19 heavy (non-hydrogen) atoms. The van der Waals surface area contributed by atoms with Crippen LogP contribution in [0.3, 0.4) is 0 Å². The summed E-state index contributed by atoms with van der Waals surface area (Å²) in [4.78, 5) is 11.1. The van der Waals surface area contributed by atoms with Crippen LogP contribution in [-0.4, -0.2) is 11.1 Å². The number of hydrogen-bond donors (Lipinski definition) is 2. The van der Waals surface area contributed by atoms with Crippen LogP contribution in [0.5, 0.6) is 0 Å². The average Bonchev–Trinajstić information content (AvgIpc) is 3.20. The van der Waals surface area contributed by atoms with E-state index in [0.29, 0.717) is 17.5 Å². The maximum absolute atomic E-state index is 11.1. The Labute approximate surface area is 111 Å². The van der Waals surface area contributed by atoms with E-state index in [-0.39, 0.29) is 5.56 Å². The van der Waals surface area contributed by atoms with Gasteiger partial charge in [0.25, 0.3) is 0 Å². The van der Waals surface area contributed by atoms with E-state index in [2.05, 4.69) is 12.1 Å². The lowest BCUT2D eigenvalue weighted by Gasteiger charge is -2.08. The minimum absolute atomic E-state index is 0.205. The predicted octanol–water partition coefficient (Wildman–Crippen LogP) is 3.24. The van der Waals surface area contributed by atoms with Gasteiger partial charge in [-0.2, -0.15) is 0 Å². The molecule has 0 aliphatic heterocycles. The Morgan fingerprint density at radius 1 is 1.05 bits per heavy atom. The summed E-state index contributed by atoms with van der Waals surface area (Å²) in [7, 11) is 0. The minimum atomic E-state index is -0.962. The van der Waals surface area contributed by atoms with Crippen molar-refractivity contribution >= 4 is 11.7 Å². The molecule has 2 atom stereocenters. The van der Waals surface area contributed by atoms with Gasteiger partial charge in [-0.1, -0.05) is 42.5 Å². The standard InChI is InChI=1S/C16H15NO2/c17-15-11(7-4-8-12(15)16(18)19)14-9-13(14)10-5-2-1-3-6-10/h1-8,13-14H,9,17H2,(H,18,19). The van der Waals surface area contributed by atoms with Crippen molar-refractivity contribution in [3.05, 3.63) is 65.2 Å². The third kappa shape index (κ3) is 2.08. The van der Waals surface area contributed by atoms with E-state index >= 15 is 0 Å². The van der Waals surface area contributed by atoms with Gasteiger partial charge in [-0.05, 0) is 35.4 Å². The van der Waals surface area contributed by atoms with E-state index in [1.54, 1.807) is 12.1 Å². The molecule has 3 rings (SSSR count). The molecular formula is C16H15NO2. The number of aromatic carboxylic acids is 1. The van der Waals surface area contributed by atoms with Gasteiger partial charge in [0.2, 0.25) is 0 Å². The lowest BCUT2D eigenvalue weighted by atomic mass is 10.0. The average molecular weight is 253 g/mol. The van der Waals surface area contributed by atoms with Crippen molar-refractivity contribution in [2.75, 3.05) is 5.73 Å². The number of carboxylic acids is 1. The summed E-state index contributed by atoms with van der Waals surface area (Å²) >= 11 is 0. The second-order valence-corrected chi connectivity index (χ2v) is 4.97. The Balaban J connectivity index is 1.90. The second-order valence-electron chi connectivity index (χ2n) is 4.97. The summed E-state index contributed by atoms with van der Waals surface area (Å²) in [5.74, 6) is -0.148. The molecule has 3 nitrogen and oxygen atoms in total.